The van der Waals surface area contributed by atoms with E-state index in [1.54, 1.807) is 17.7 Å². The van der Waals surface area contributed by atoms with Gasteiger partial charge in [-0.2, -0.15) is 0 Å². The van der Waals surface area contributed by atoms with Gasteiger partial charge in [0.05, 0.1) is 5.39 Å². The number of amides is 1. The molecule has 2 aromatic rings. The van der Waals surface area contributed by atoms with Crippen LogP contribution in [0.4, 0.5) is 5.82 Å². The van der Waals surface area contributed by atoms with Crippen LogP contribution in [0, 0.1) is 5.41 Å². The number of carbonyl (C=O) groups is 1. The van der Waals surface area contributed by atoms with Crippen molar-refractivity contribution < 1.29 is 4.79 Å². The largest absolute Gasteiger partial charge is 0.344 e. The summed E-state index contributed by atoms with van der Waals surface area (Å²) in [4.78, 5) is 26.7. The lowest BCUT2D eigenvalue weighted by Gasteiger charge is -2.33. The summed E-state index contributed by atoms with van der Waals surface area (Å²) < 4.78 is 0. The van der Waals surface area contributed by atoms with Gasteiger partial charge < -0.3 is 15.5 Å². The first kappa shape index (κ1) is 19.9. The number of hydrogen-bond donors (Lipinski definition) is 1. The molecule has 3 heterocycles. The van der Waals surface area contributed by atoms with Crippen molar-refractivity contribution in [3.8, 4) is 0 Å². The fourth-order valence-electron chi connectivity index (χ4n) is 3.32. The molecule has 1 fully saturated rings. The van der Waals surface area contributed by atoms with Crippen LogP contribution in [0.2, 0.25) is 0 Å². The monoisotopic (exact) mass is 383 g/mol. The van der Waals surface area contributed by atoms with Crippen molar-refractivity contribution in [1.82, 2.24) is 14.9 Å². The Morgan fingerprint density at radius 1 is 1.48 bits per heavy atom. The van der Waals surface area contributed by atoms with Gasteiger partial charge in [0.2, 0.25) is 5.91 Å². The Morgan fingerprint density at radius 3 is 2.96 bits per heavy atom. The maximum absolute atomic E-state index is 13.0. The molecule has 1 saturated heterocycles. The van der Waals surface area contributed by atoms with Gasteiger partial charge in [-0.15, -0.1) is 23.7 Å². The minimum Gasteiger partial charge on any atom is -0.344 e. The number of likely N-dealkylation sites (N-methyl/N-ethyl adjacent to an activating group) is 1. The van der Waals surface area contributed by atoms with E-state index >= 15 is 0 Å². The summed E-state index contributed by atoms with van der Waals surface area (Å²) in [6.45, 7) is 6.24. The third-order valence-electron chi connectivity index (χ3n) is 4.64. The number of carbonyl (C=O) groups excluding carboxylic acids is 1. The molecule has 0 bridgehead atoms. The predicted molar refractivity (Wildman–Crippen MR) is 106 cm³/mol. The number of nitrogens with two attached hydrogens (primary N) is 1. The zero-order valence-electron chi connectivity index (χ0n) is 14.9. The number of thiophene rings is 1. The minimum absolute atomic E-state index is 0. The van der Waals surface area contributed by atoms with Gasteiger partial charge in [-0.05, 0) is 36.2 Å². The molecule has 2 N–H and O–H groups in total. The normalized spacial score (nSPS) is 17.6. The van der Waals surface area contributed by atoms with E-state index < -0.39 is 0 Å². The summed E-state index contributed by atoms with van der Waals surface area (Å²) in [5, 5.41) is 3.05. The number of hydrogen-bond acceptors (Lipinski definition) is 6. The summed E-state index contributed by atoms with van der Waals surface area (Å²) in [7, 11) is 1.87. The molecule has 2 aromatic heterocycles. The summed E-state index contributed by atoms with van der Waals surface area (Å²) in [5.41, 5.74) is 5.73. The third kappa shape index (κ3) is 4.04. The maximum Gasteiger partial charge on any atom is 0.245 e. The van der Waals surface area contributed by atoms with Crippen molar-refractivity contribution in [2.75, 3.05) is 31.6 Å². The van der Waals surface area contributed by atoms with Crippen LogP contribution in [0.5, 0.6) is 0 Å². The Balaban J connectivity index is 0.00000225. The molecular weight excluding hydrogens is 358 g/mol. The molecule has 138 valence electrons. The second-order valence-corrected chi connectivity index (χ2v) is 8.15. The van der Waals surface area contributed by atoms with Crippen LogP contribution >= 0.6 is 23.7 Å². The average molecular weight is 384 g/mol. The zero-order valence-corrected chi connectivity index (χ0v) is 16.6. The van der Waals surface area contributed by atoms with Gasteiger partial charge in [-0.1, -0.05) is 13.8 Å². The molecule has 8 heteroatoms. The molecule has 1 unspecified atom stereocenters. The Morgan fingerprint density at radius 2 is 2.24 bits per heavy atom. The standard InChI is InChI=1S/C17H25N5OS.ClH/c1-17(2,9-18)10-21(3)16(23)13-5-4-7-22(13)14-12-6-8-24-15(12)20-11-19-14;/h6,8,11,13H,4-5,7,9-10,18H2,1-3H3;1H. The van der Waals surface area contributed by atoms with Crippen LogP contribution in [0.3, 0.4) is 0 Å². The molecule has 6 nitrogen and oxygen atoms in total. The fourth-order valence-corrected chi connectivity index (χ4v) is 4.05. The number of anilines is 1. The molecular formula is C17H26ClN5OS. The lowest BCUT2D eigenvalue weighted by atomic mass is 9.93. The van der Waals surface area contributed by atoms with Crippen LogP contribution in [0.15, 0.2) is 17.8 Å². The highest BCUT2D eigenvalue weighted by Crippen LogP contribution is 2.32. The quantitative estimate of drug-likeness (QED) is 0.858. The Hall–Kier alpha value is -1.44. The van der Waals surface area contributed by atoms with E-state index in [1.165, 1.54) is 0 Å². The van der Waals surface area contributed by atoms with E-state index in [2.05, 4.69) is 28.7 Å². The molecule has 0 radical (unpaired) electrons. The summed E-state index contributed by atoms with van der Waals surface area (Å²) in [6, 6.07) is 1.89. The van der Waals surface area contributed by atoms with Gasteiger partial charge in [-0.25, -0.2) is 9.97 Å². The Kier molecular flexibility index (Phi) is 6.24. The highest BCUT2D eigenvalue weighted by atomic mass is 35.5. The second kappa shape index (κ2) is 7.85. The van der Waals surface area contributed by atoms with Gasteiger partial charge in [0.1, 0.15) is 23.0 Å². The van der Waals surface area contributed by atoms with Crippen molar-refractivity contribution >= 4 is 45.7 Å². The van der Waals surface area contributed by atoms with Gasteiger partial charge in [0.15, 0.2) is 0 Å². The van der Waals surface area contributed by atoms with Crippen LogP contribution in [0.25, 0.3) is 10.2 Å². The number of nitrogens with zero attached hydrogens (tertiary/aromatic N) is 4. The van der Waals surface area contributed by atoms with Crippen molar-refractivity contribution in [1.29, 1.82) is 0 Å². The van der Waals surface area contributed by atoms with E-state index in [0.717, 1.165) is 35.4 Å². The number of rotatable bonds is 5. The van der Waals surface area contributed by atoms with Crippen LogP contribution < -0.4 is 10.6 Å². The third-order valence-corrected chi connectivity index (χ3v) is 5.47. The van der Waals surface area contributed by atoms with E-state index in [1.807, 2.05) is 23.4 Å². The highest BCUT2D eigenvalue weighted by Gasteiger charge is 2.35. The molecule has 0 aromatic carbocycles. The smallest absolute Gasteiger partial charge is 0.245 e. The first-order valence-corrected chi connectivity index (χ1v) is 9.21. The van der Waals surface area contributed by atoms with Gasteiger partial charge in [-0.3, -0.25) is 4.79 Å². The molecule has 1 aliphatic heterocycles. The number of fused-ring (bicyclic) bond motifs is 1. The van der Waals surface area contributed by atoms with Gasteiger partial charge >= 0.3 is 0 Å². The molecule has 25 heavy (non-hydrogen) atoms. The highest BCUT2D eigenvalue weighted by molar-refractivity contribution is 7.16. The van der Waals surface area contributed by atoms with Crippen molar-refractivity contribution in [3.63, 3.8) is 0 Å². The minimum atomic E-state index is -0.151. The summed E-state index contributed by atoms with van der Waals surface area (Å²) >= 11 is 1.60. The lowest BCUT2D eigenvalue weighted by Crippen LogP contribution is -2.48. The summed E-state index contributed by atoms with van der Waals surface area (Å²) in [5.74, 6) is 1.03. The number of aromatic nitrogens is 2. The van der Waals surface area contributed by atoms with E-state index in [0.29, 0.717) is 13.1 Å². The van der Waals surface area contributed by atoms with Crippen LogP contribution in [-0.2, 0) is 4.79 Å². The van der Waals surface area contributed by atoms with Crippen molar-refractivity contribution in [3.05, 3.63) is 17.8 Å². The Labute approximate surface area is 158 Å². The zero-order chi connectivity index (χ0) is 17.3. The molecule has 3 rings (SSSR count). The predicted octanol–water partition coefficient (Wildman–Crippen LogP) is 2.53. The van der Waals surface area contributed by atoms with Gasteiger partial charge in [0.25, 0.3) is 0 Å². The molecule has 1 amide bonds. The first-order valence-electron chi connectivity index (χ1n) is 8.33. The van der Waals surface area contributed by atoms with Crippen molar-refractivity contribution in [2.24, 2.45) is 11.1 Å². The average Bonchev–Trinajstić information content (AvgIpc) is 3.22. The molecule has 1 atom stereocenters. The van der Waals surface area contributed by atoms with Crippen LogP contribution in [-0.4, -0.2) is 53.5 Å². The van der Waals surface area contributed by atoms with E-state index in [-0.39, 0.29) is 29.8 Å². The van der Waals surface area contributed by atoms with E-state index in [4.69, 9.17) is 5.73 Å². The first-order chi connectivity index (χ1) is 11.4. The Bertz CT molecular complexity index is 735. The van der Waals surface area contributed by atoms with Crippen LogP contribution in [0.1, 0.15) is 26.7 Å². The lowest BCUT2D eigenvalue weighted by molar-refractivity contribution is -0.132. The molecule has 0 spiro atoms. The second-order valence-electron chi connectivity index (χ2n) is 7.25. The SMILES string of the molecule is CN(CC(C)(C)CN)C(=O)C1CCCN1c1ncnc2sccc12.Cl. The van der Waals surface area contributed by atoms with Crippen molar-refractivity contribution in [2.45, 2.75) is 32.7 Å². The molecule has 0 aliphatic carbocycles. The van der Waals surface area contributed by atoms with E-state index in [9.17, 15) is 4.79 Å². The summed E-state index contributed by atoms with van der Waals surface area (Å²) in [6.07, 6.45) is 3.46. The number of halogens is 1. The fraction of sp³-hybridized carbons (Fsp3) is 0.588. The molecule has 0 saturated carbocycles. The van der Waals surface area contributed by atoms with Gasteiger partial charge in [0, 0.05) is 20.1 Å². The molecule has 1 aliphatic rings. The maximum atomic E-state index is 13.0. The topological polar surface area (TPSA) is 75.3 Å².